The van der Waals surface area contributed by atoms with Crippen LogP contribution in [0.2, 0.25) is 0 Å². The van der Waals surface area contributed by atoms with Crippen LogP contribution in [0.1, 0.15) is 40.3 Å². The van der Waals surface area contributed by atoms with Gasteiger partial charge in [-0.3, -0.25) is 9.89 Å². The number of nitrogens with two attached hydrogens (primary N) is 1. The third-order valence-corrected chi connectivity index (χ3v) is 7.52. The van der Waals surface area contributed by atoms with E-state index in [4.69, 9.17) is 19.7 Å². The molecule has 4 rings (SSSR count). The molecule has 11 nitrogen and oxygen atoms in total. The number of halogens is 1. The summed E-state index contributed by atoms with van der Waals surface area (Å²) in [6.45, 7) is 3.39. The summed E-state index contributed by atoms with van der Waals surface area (Å²) in [5, 5.41) is 13.7. The molecule has 39 heavy (non-hydrogen) atoms. The zero-order valence-corrected chi connectivity index (χ0v) is 22.3. The molecule has 0 bridgehead atoms. The molecule has 2 aromatic heterocycles. The minimum atomic E-state index is -3.42. The lowest BCUT2D eigenvalue weighted by Gasteiger charge is -2.21. The lowest BCUT2D eigenvalue weighted by Crippen LogP contribution is -2.16. The van der Waals surface area contributed by atoms with Crippen molar-refractivity contribution in [2.24, 2.45) is 5.73 Å². The van der Waals surface area contributed by atoms with E-state index in [1.54, 1.807) is 50.2 Å². The van der Waals surface area contributed by atoms with Crippen LogP contribution in [0.4, 0.5) is 16.0 Å². The first-order chi connectivity index (χ1) is 18.6. The number of H-pyrrole nitrogens is 1. The fourth-order valence-electron chi connectivity index (χ4n) is 3.89. The number of sulfone groups is 1. The highest BCUT2D eigenvalue weighted by atomic mass is 32.2. The molecule has 13 heteroatoms. The number of anilines is 2. The van der Waals surface area contributed by atoms with E-state index in [0.717, 1.165) is 0 Å². The standard InChI is InChI=1S/C26H28FN5O6S/c1-4-39(34,35)14-18-6-5-17(12-20(18)37-21(13-36-3)16-7-9-19(27)10-8-16)24-23(25(28)33)26(31-30-24)29-22-11-15(2)38-32-22/h5-12,21H,4,13-14H2,1-3H3,(H2,28,33)(H2,29,30,31,32)/t21-/m1/s1. The molecule has 4 N–H and O–H groups in total. The average Bonchev–Trinajstić information content (AvgIpc) is 3.51. The van der Waals surface area contributed by atoms with Crippen molar-refractivity contribution in [3.63, 3.8) is 0 Å². The van der Waals surface area contributed by atoms with Gasteiger partial charge in [-0.2, -0.15) is 5.10 Å². The van der Waals surface area contributed by atoms with E-state index >= 15 is 0 Å². The van der Waals surface area contributed by atoms with Crippen molar-refractivity contribution in [2.75, 3.05) is 24.8 Å². The highest BCUT2D eigenvalue weighted by Crippen LogP contribution is 2.35. The van der Waals surface area contributed by atoms with Crippen LogP contribution in [-0.2, 0) is 20.3 Å². The van der Waals surface area contributed by atoms with Gasteiger partial charge in [0, 0.05) is 30.1 Å². The number of hydrogen-bond acceptors (Lipinski definition) is 9. The Morgan fingerprint density at radius 3 is 2.56 bits per heavy atom. The van der Waals surface area contributed by atoms with Gasteiger partial charge in [-0.1, -0.05) is 36.3 Å². The average molecular weight is 558 g/mol. The third-order valence-electron chi connectivity index (χ3n) is 5.89. The van der Waals surface area contributed by atoms with Crippen LogP contribution in [0.3, 0.4) is 0 Å². The Kier molecular flexibility index (Phi) is 8.31. The second-order valence-corrected chi connectivity index (χ2v) is 11.1. The molecule has 2 heterocycles. The highest BCUT2D eigenvalue weighted by molar-refractivity contribution is 7.90. The number of aryl methyl sites for hydroxylation is 1. The van der Waals surface area contributed by atoms with E-state index in [9.17, 15) is 17.6 Å². The van der Waals surface area contributed by atoms with Crippen LogP contribution in [0, 0.1) is 12.7 Å². The molecule has 206 valence electrons. The molecule has 0 aliphatic rings. The summed E-state index contributed by atoms with van der Waals surface area (Å²) in [5.41, 5.74) is 7.52. The van der Waals surface area contributed by atoms with Crippen LogP contribution in [0.15, 0.2) is 53.1 Å². The number of primary amides is 1. The summed E-state index contributed by atoms with van der Waals surface area (Å²) in [6.07, 6.45) is -0.682. The van der Waals surface area contributed by atoms with Crippen LogP contribution < -0.4 is 15.8 Å². The molecule has 2 aromatic carbocycles. The third kappa shape index (κ3) is 6.62. The molecular weight excluding hydrogens is 529 g/mol. The van der Waals surface area contributed by atoms with Gasteiger partial charge in [-0.05, 0) is 30.7 Å². The summed E-state index contributed by atoms with van der Waals surface area (Å²) in [4.78, 5) is 12.4. The molecule has 0 fully saturated rings. The van der Waals surface area contributed by atoms with E-state index < -0.39 is 27.7 Å². The van der Waals surface area contributed by atoms with Gasteiger partial charge in [0.15, 0.2) is 21.5 Å². The van der Waals surface area contributed by atoms with Gasteiger partial charge >= 0.3 is 0 Å². The highest BCUT2D eigenvalue weighted by Gasteiger charge is 2.24. The van der Waals surface area contributed by atoms with Crippen molar-refractivity contribution in [1.29, 1.82) is 0 Å². The molecule has 0 aliphatic carbocycles. The first-order valence-corrected chi connectivity index (χ1v) is 13.8. The van der Waals surface area contributed by atoms with Crippen molar-refractivity contribution >= 4 is 27.4 Å². The molecule has 0 saturated carbocycles. The molecule has 4 aromatic rings. The van der Waals surface area contributed by atoms with Gasteiger partial charge in [-0.15, -0.1) is 0 Å². The number of carbonyl (C=O) groups is 1. The Bertz CT molecular complexity index is 1570. The molecule has 1 atom stereocenters. The van der Waals surface area contributed by atoms with Crippen molar-refractivity contribution in [3.8, 4) is 17.0 Å². The fourth-order valence-corrected chi connectivity index (χ4v) is 4.80. The predicted molar refractivity (Wildman–Crippen MR) is 142 cm³/mol. The molecule has 0 radical (unpaired) electrons. The first-order valence-electron chi connectivity index (χ1n) is 11.9. The van der Waals surface area contributed by atoms with E-state index in [-0.39, 0.29) is 40.9 Å². The number of methoxy groups -OCH3 is 1. The second-order valence-electron chi connectivity index (χ2n) is 8.75. The van der Waals surface area contributed by atoms with Crippen molar-refractivity contribution in [1.82, 2.24) is 15.4 Å². The monoisotopic (exact) mass is 557 g/mol. The Morgan fingerprint density at radius 1 is 1.21 bits per heavy atom. The SMILES string of the molecule is CCS(=O)(=O)Cc1ccc(-c2[nH]nc(Nc3cc(C)on3)c2C(N)=O)cc1O[C@H](COC)c1ccc(F)cc1. The van der Waals surface area contributed by atoms with Crippen molar-refractivity contribution in [3.05, 3.63) is 76.8 Å². The van der Waals surface area contributed by atoms with Gasteiger partial charge in [0.1, 0.15) is 29.0 Å². The van der Waals surface area contributed by atoms with E-state index in [0.29, 0.717) is 28.3 Å². The smallest absolute Gasteiger partial charge is 0.254 e. The van der Waals surface area contributed by atoms with Gasteiger partial charge in [0.25, 0.3) is 5.91 Å². The van der Waals surface area contributed by atoms with Gasteiger partial charge in [0.2, 0.25) is 0 Å². The quantitative estimate of drug-likeness (QED) is 0.233. The Morgan fingerprint density at radius 2 is 1.95 bits per heavy atom. The summed E-state index contributed by atoms with van der Waals surface area (Å²) in [7, 11) is -1.93. The number of nitrogens with zero attached hydrogens (tertiary/aromatic N) is 2. The predicted octanol–water partition coefficient (Wildman–Crippen LogP) is 4.06. The maximum atomic E-state index is 13.5. The number of carbonyl (C=O) groups excluding carboxylic acids is 1. The number of aromatic nitrogens is 3. The number of amides is 1. The largest absolute Gasteiger partial charge is 0.483 e. The maximum absolute atomic E-state index is 13.5. The van der Waals surface area contributed by atoms with Gasteiger partial charge in [-0.25, -0.2) is 12.8 Å². The Hall–Kier alpha value is -4.23. The Balaban J connectivity index is 1.77. The van der Waals surface area contributed by atoms with E-state index in [1.165, 1.54) is 19.2 Å². The molecule has 0 aliphatic heterocycles. The summed E-state index contributed by atoms with van der Waals surface area (Å²) < 4.78 is 55.2. The number of rotatable bonds is 12. The van der Waals surface area contributed by atoms with Crippen LogP contribution in [0.25, 0.3) is 11.3 Å². The van der Waals surface area contributed by atoms with E-state index in [1.807, 2.05) is 0 Å². The molecular formula is C26H28FN5O6S. The second kappa shape index (κ2) is 11.7. The van der Waals surface area contributed by atoms with Crippen LogP contribution in [-0.4, -0.2) is 49.1 Å². The summed E-state index contributed by atoms with van der Waals surface area (Å²) in [5.74, 6) is -0.237. The zero-order valence-electron chi connectivity index (χ0n) is 21.5. The summed E-state index contributed by atoms with van der Waals surface area (Å²) in [6, 6.07) is 12.2. The topological polar surface area (TPSA) is 162 Å². The number of benzene rings is 2. The number of nitrogens with one attached hydrogen (secondary N) is 2. The Labute approximate surface area is 224 Å². The van der Waals surface area contributed by atoms with Crippen molar-refractivity contribution in [2.45, 2.75) is 25.7 Å². The van der Waals surface area contributed by atoms with E-state index in [2.05, 4.69) is 20.7 Å². The van der Waals surface area contributed by atoms with Crippen LogP contribution >= 0.6 is 0 Å². The van der Waals surface area contributed by atoms with Crippen molar-refractivity contribution < 1.29 is 31.6 Å². The molecule has 0 unspecified atom stereocenters. The number of hydrogen-bond donors (Lipinski definition) is 3. The molecule has 0 spiro atoms. The maximum Gasteiger partial charge on any atom is 0.254 e. The molecule has 0 saturated heterocycles. The normalized spacial score (nSPS) is 12.3. The minimum Gasteiger partial charge on any atom is -0.483 e. The number of aromatic amines is 1. The summed E-state index contributed by atoms with van der Waals surface area (Å²) >= 11 is 0. The van der Waals surface area contributed by atoms with Gasteiger partial charge in [0.05, 0.1) is 18.1 Å². The molecule has 1 amide bonds. The minimum absolute atomic E-state index is 0.0579. The fraction of sp³-hybridized carbons (Fsp3) is 0.269. The first kappa shape index (κ1) is 27.8. The van der Waals surface area contributed by atoms with Gasteiger partial charge < -0.3 is 25.0 Å². The lowest BCUT2D eigenvalue weighted by atomic mass is 10.0. The van der Waals surface area contributed by atoms with Crippen LogP contribution in [0.5, 0.6) is 5.75 Å². The lowest BCUT2D eigenvalue weighted by molar-refractivity contribution is 0.0804. The number of ether oxygens (including phenoxy) is 2. The zero-order chi connectivity index (χ0) is 28.2.